The Labute approximate surface area is 104 Å². The van der Waals surface area contributed by atoms with Crippen molar-refractivity contribution >= 4 is 6.09 Å². The van der Waals surface area contributed by atoms with Crippen molar-refractivity contribution in [2.75, 3.05) is 19.6 Å². The van der Waals surface area contributed by atoms with Crippen LogP contribution in [0.15, 0.2) is 0 Å². The molecule has 0 atom stereocenters. The molecule has 2 fully saturated rings. The average Bonchev–Trinajstić information content (AvgIpc) is 3.04. The van der Waals surface area contributed by atoms with Crippen molar-refractivity contribution in [3.63, 3.8) is 0 Å². The first-order chi connectivity index (χ1) is 8.13. The minimum absolute atomic E-state index is 0.113. The summed E-state index contributed by atoms with van der Waals surface area (Å²) < 4.78 is 5.41. The first-order valence-corrected chi connectivity index (χ1v) is 6.62. The van der Waals surface area contributed by atoms with E-state index in [9.17, 15) is 4.79 Å². The maximum Gasteiger partial charge on any atom is 0.407 e. The standard InChI is InChI=1S/C13H23N2O2/c1-10(2)9-15-7-5-12(6-8-15)17-13(16)14-11-3-4-11/h11-12H,3-9H2,1-2H3,(H,14,16). The van der Waals surface area contributed by atoms with Gasteiger partial charge in [0.15, 0.2) is 0 Å². The Morgan fingerprint density at radius 3 is 2.41 bits per heavy atom. The lowest BCUT2D eigenvalue weighted by Crippen LogP contribution is -2.40. The Kier molecular flexibility index (Phi) is 4.26. The number of likely N-dealkylation sites (tertiary alicyclic amines) is 1. The maximum atomic E-state index is 11.5. The van der Waals surface area contributed by atoms with Gasteiger partial charge in [-0.25, -0.2) is 4.79 Å². The van der Waals surface area contributed by atoms with Crippen molar-refractivity contribution in [2.45, 2.75) is 51.7 Å². The molecule has 0 spiro atoms. The lowest BCUT2D eigenvalue weighted by Gasteiger charge is -2.32. The second kappa shape index (κ2) is 5.71. The quantitative estimate of drug-likeness (QED) is 0.815. The fourth-order valence-electron chi connectivity index (χ4n) is 2.21. The lowest BCUT2D eigenvalue weighted by atomic mass is 10.1. The van der Waals surface area contributed by atoms with Gasteiger partial charge >= 0.3 is 6.09 Å². The van der Waals surface area contributed by atoms with Gasteiger partial charge < -0.3 is 15.0 Å². The molecule has 0 aromatic rings. The molecule has 1 saturated heterocycles. The summed E-state index contributed by atoms with van der Waals surface area (Å²) in [5, 5.41) is 2.87. The lowest BCUT2D eigenvalue weighted by molar-refractivity contribution is 0.0517. The highest BCUT2D eigenvalue weighted by molar-refractivity contribution is 5.68. The molecule has 2 aliphatic rings. The zero-order valence-electron chi connectivity index (χ0n) is 10.9. The molecule has 17 heavy (non-hydrogen) atoms. The van der Waals surface area contributed by atoms with Crippen LogP contribution in [-0.2, 0) is 4.74 Å². The smallest absolute Gasteiger partial charge is 0.407 e. The van der Waals surface area contributed by atoms with Gasteiger partial charge in [-0.15, -0.1) is 0 Å². The van der Waals surface area contributed by atoms with Crippen LogP contribution < -0.4 is 5.32 Å². The Hall–Kier alpha value is -0.770. The van der Waals surface area contributed by atoms with Gasteiger partial charge in [0.05, 0.1) is 0 Å². The number of rotatable bonds is 4. The summed E-state index contributed by atoms with van der Waals surface area (Å²) >= 11 is 0. The van der Waals surface area contributed by atoms with Crippen LogP contribution in [0.1, 0.15) is 39.5 Å². The summed E-state index contributed by atoms with van der Waals surface area (Å²) in [6, 6.07) is 0.389. The van der Waals surface area contributed by atoms with Gasteiger partial charge in [-0.1, -0.05) is 13.8 Å². The van der Waals surface area contributed by atoms with Gasteiger partial charge in [-0.05, 0) is 31.6 Å². The van der Waals surface area contributed by atoms with Crippen molar-refractivity contribution in [3.05, 3.63) is 5.92 Å². The zero-order valence-corrected chi connectivity index (χ0v) is 10.9. The van der Waals surface area contributed by atoms with Crippen LogP contribution >= 0.6 is 0 Å². The molecule has 0 unspecified atom stereocenters. The van der Waals surface area contributed by atoms with Gasteiger partial charge in [0.1, 0.15) is 6.10 Å². The second-order valence-electron chi connectivity index (χ2n) is 5.51. The number of alkyl carbamates (subject to hydrolysis) is 1. The molecule has 1 aliphatic carbocycles. The molecule has 1 aliphatic heterocycles. The van der Waals surface area contributed by atoms with E-state index in [0.29, 0.717) is 6.04 Å². The fraction of sp³-hybridized carbons (Fsp3) is 0.846. The Bertz CT molecular complexity index is 256. The molecular formula is C13H23N2O2. The minimum Gasteiger partial charge on any atom is -0.446 e. The number of hydrogen-bond donors (Lipinski definition) is 1. The summed E-state index contributed by atoms with van der Waals surface area (Å²) in [7, 11) is 0. The average molecular weight is 239 g/mol. The predicted octanol–water partition coefficient (Wildman–Crippen LogP) is 1.95. The van der Waals surface area contributed by atoms with E-state index in [0.717, 1.165) is 45.3 Å². The zero-order chi connectivity index (χ0) is 12.3. The molecular weight excluding hydrogens is 216 g/mol. The molecule has 1 heterocycles. The Morgan fingerprint density at radius 2 is 1.88 bits per heavy atom. The van der Waals surface area contributed by atoms with Crippen LogP contribution in [-0.4, -0.2) is 42.8 Å². The van der Waals surface area contributed by atoms with E-state index in [1.165, 1.54) is 5.92 Å². The molecule has 1 saturated carbocycles. The number of nitrogens with zero attached hydrogens (tertiary/aromatic N) is 1. The Balaban J connectivity index is 1.62. The van der Waals surface area contributed by atoms with E-state index in [1.807, 2.05) is 0 Å². The number of hydrogen-bond acceptors (Lipinski definition) is 3. The molecule has 97 valence electrons. The number of carbonyl (C=O) groups excluding carboxylic acids is 1. The number of amides is 1. The fourth-order valence-corrected chi connectivity index (χ4v) is 2.21. The third kappa shape index (κ3) is 4.54. The van der Waals surface area contributed by atoms with Gasteiger partial charge in [-0.2, -0.15) is 0 Å². The SMILES string of the molecule is C[C](C)CN1CCC(OC(=O)NC2CC2)CC1. The van der Waals surface area contributed by atoms with Gasteiger partial charge in [0, 0.05) is 25.7 Å². The summed E-state index contributed by atoms with van der Waals surface area (Å²) in [4.78, 5) is 13.9. The highest BCUT2D eigenvalue weighted by Crippen LogP contribution is 2.20. The third-order valence-corrected chi connectivity index (χ3v) is 3.25. The van der Waals surface area contributed by atoms with Crippen molar-refractivity contribution in [1.29, 1.82) is 0 Å². The Morgan fingerprint density at radius 1 is 1.24 bits per heavy atom. The van der Waals surface area contributed by atoms with E-state index >= 15 is 0 Å². The maximum absolute atomic E-state index is 11.5. The summed E-state index contributed by atoms with van der Waals surface area (Å²) in [6.45, 7) is 7.46. The number of nitrogens with one attached hydrogen (secondary N) is 1. The molecule has 0 bridgehead atoms. The van der Waals surface area contributed by atoms with Gasteiger partial charge in [0.25, 0.3) is 0 Å². The van der Waals surface area contributed by atoms with Crippen LogP contribution in [0.3, 0.4) is 0 Å². The largest absolute Gasteiger partial charge is 0.446 e. The van der Waals surface area contributed by atoms with E-state index < -0.39 is 0 Å². The molecule has 1 radical (unpaired) electrons. The van der Waals surface area contributed by atoms with Gasteiger partial charge in [-0.3, -0.25) is 0 Å². The van der Waals surface area contributed by atoms with Crippen LogP contribution in [0.25, 0.3) is 0 Å². The van der Waals surface area contributed by atoms with Gasteiger partial charge in [0.2, 0.25) is 0 Å². The molecule has 4 heteroatoms. The second-order valence-corrected chi connectivity index (χ2v) is 5.51. The number of piperidine rings is 1. The van der Waals surface area contributed by atoms with Crippen LogP contribution in [0.5, 0.6) is 0 Å². The summed E-state index contributed by atoms with van der Waals surface area (Å²) in [5.74, 6) is 1.44. The van der Waals surface area contributed by atoms with E-state index in [2.05, 4.69) is 24.1 Å². The molecule has 0 aromatic heterocycles. The molecule has 2 rings (SSSR count). The van der Waals surface area contributed by atoms with E-state index in [1.54, 1.807) is 0 Å². The highest BCUT2D eigenvalue weighted by atomic mass is 16.6. The molecule has 4 nitrogen and oxygen atoms in total. The summed E-state index contributed by atoms with van der Waals surface area (Å²) in [5.41, 5.74) is 0. The highest BCUT2D eigenvalue weighted by Gasteiger charge is 2.27. The monoisotopic (exact) mass is 239 g/mol. The normalized spacial score (nSPS) is 22.8. The van der Waals surface area contributed by atoms with Crippen LogP contribution in [0.4, 0.5) is 4.79 Å². The van der Waals surface area contributed by atoms with Crippen molar-refractivity contribution in [3.8, 4) is 0 Å². The number of carbonyl (C=O) groups is 1. The topological polar surface area (TPSA) is 41.6 Å². The van der Waals surface area contributed by atoms with Crippen LogP contribution in [0.2, 0.25) is 0 Å². The van der Waals surface area contributed by atoms with Crippen LogP contribution in [0, 0.1) is 5.92 Å². The molecule has 0 aromatic carbocycles. The predicted molar refractivity (Wildman–Crippen MR) is 66.7 cm³/mol. The van der Waals surface area contributed by atoms with Crippen molar-refractivity contribution in [1.82, 2.24) is 10.2 Å². The summed E-state index contributed by atoms with van der Waals surface area (Å²) in [6.07, 6.45) is 4.04. The number of ether oxygens (including phenoxy) is 1. The first-order valence-electron chi connectivity index (χ1n) is 6.62. The van der Waals surface area contributed by atoms with Crippen molar-refractivity contribution in [2.24, 2.45) is 0 Å². The third-order valence-electron chi connectivity index (χ3n) is 3.25. The minimum atomic E-state index is -0.218. The van der Waals surface area contributed by atoms with E-state index in [4.69, 9.17) is 4.74 Å². The van der Waals surface area contributed by atoms with E-state index in [-0.39, 0.29) is 12.2 Å². The molecule has 1 N–H and O–H groups in total. The first kappa shape index (κ1) is 12.7. The molecule has 1 amide bonds. The van der Waals surface area contributed by atoms with Crippen molar-refractivity contribution < 1.29 is 9.53 Å².